The third-order valence-electron chi connectivity index (χ3n) is 7.13. The monoisotopic (exact) mass is 582 g/mol. The number of sulfonamides is 1. The number of amides is 2. The van der Waals surface area contributed by atoms with E-state index in [2.05, 4.69) is 10.6 Å². The van der Waals surface area contributed by atoms with Gasteiger partial charge in [0.25, 0.3) is 0 Å². The molecule has 2 aromatic carbocycles. The average Bonchev–Trinajstić information content (AvgIpc) is 3.17. The Morgan fingerprint density at radius 1 is 1.08 bits per heavy atom. The Bertz CT molecular complexity index is 1170. The molecule has 11 heteroatoms. The highest BCUT2D eigenvalue weighted by atomic mass is 35.5. The third kappa shape index (κ3) is 10.7. The summed E-state index contributed by atoms with van der Waals surface area (Å²) in [6.07, 6.45) is 7.08. The van der Waals surface area contributed by atoms with Crippen molar-refractivity contribution in [3.8, 4) is 0 Å². The molecular formula is C28H43ClN4O5S. The average molecular weight is 583 g/mol. The van der Waals surface area contributed by atoms with Crippen LogP contribution in [0.4, 0.5) is 0 Å². The number of fused-ring (bicyclic) bond motifs is 1. The molecule has 5 N–H and O–H groups in total. The van der Waals surface area contributed by atoms with Crippen LogP contribution < -0.4 is 16.4 Å². The molecule has 0 aliphatic heterocycles. The normalized spacial score (nSPS) is 16.2. The first-order valence-electron chi connectivity index (χ1n) is 13.6. The Hall–Kier alpha value is -2.24. The van der Waals surface area contributed by atoms with Crippen molar-refractivity contribution in [1.29, 1.82) is 0 Å². The van der Waals surface area contributed by atoms with E-state index in [0.29, 0.717) is 6.42 Å². The van der Waals surface area contributed by atoms with E-state index in [1.165, 1.54) is 6.26 Å². The van der Waals surface area contributed by atoms with Gasteiger partial charge in [0.1, 0.15) is 6.04 Å². The van der Waals surface area contributed by atoms with Gasteiger partial charge in [-0.2, -0.15) is 4.31 Å². The van der Waals surface area contributed by atoms with Crippen LogP contribution in [0.2, 0.25) is 0 Å². The Morgan fingerprint density at radius 3 is 2.38 bits per heavy atom. The maximum Gasteiger partial charge on any atom is 0.243 e. The van der Waals surface area contributed by atoms with Crippen LogP contribution in [0.3, 0.4) is 0 Å². The first-order valence-corrected chi connectivity index (χ1v) is 15.4. The number of hydrogen-bond donors (Lipinski definition) is 4. The van der Waals surface area contributed by atoms with Crippen LogP contribution in [-0.4, -0.2) is 73.7 Å². The summed E-state index contributed by atoms with van der Waals surface area (Å²) < 4.78 is 26.5. The Morgan fingerprint density at radius 2 is 1.74 bits per heavy atom. The van der Waals surface area contributed by atoms with Gasteiger partial charge in [0.05, 0.1) is 12.4 Å². The van der Waals surface area contributed by atoms with Crippen molar-refractivity contribution >= 4 is 45.0 Å². The second kappa shape index (κ2) is 16.1. The van der Waals surface area contributed by atoms with Crippen molar-refractivity contribution in [2.24, 2.45) is 5.73 Å². The maximum absolute atomic E-state index is 13.0. The number of nitrogens with zero attached hydrogens (tertiary/aromatic N) is 1. The van der Waals surface area contributed by atoms with Gasteiger partial charge in [-0.15, -0.1) is 12.4 Å². The van der Waals surface area contributed by atoms with Crippen molar-refractivity contribution in [3.05, 3.63) is 48.0 Å². The number of nitrogens with two attached hydrogens (primary N) is 1. The summed E-state index contributed by atoms with van der Waals surface area (Å²) in [5.74, 6) is -0.727. The molecule has 2 amide bonds. The quantitative estimate of drug-likeness (QED) is 0.267. The van der Waals surface area contributed by atoms with E-state index < -0.39 is 28.1 Å². The van der Waals surface area contributed by atoms with Gasteiger partial charge in [0.15, 0.2) is 0 Å². The van der Waals surface area contributed by atoms with Crippen molar-refractivity contribution in [2.75, 3.05) is 25.9 Å². The first-order chi connectivity index (χ1) is 18.2. The predicted molar refractivity (Wildman–Crippen MR) is 157 cm³/mol. The molecule has 218 valence electrons. The van der Waals surface area contributed by atoms with E-state index in [4.69, 9.17) is 5.73 Å². The number of hydrogen-bond acceptors (Lipinski definition) is 6. The second-order valence-corrected chi connectivity index (χ2v) is 12.2. The number of aliphatic hydroxyl groups excluding tert-OH is 1. The summed E-state index contributed by atoms with van der Waals surface area (Å²) in [6.45, 7) is 0.283. The number of carbonyl (C=O) groups is 2. The van der Waals surface area contributed by atoms with E-state index in [0.717, 1.165) is 54.9 Å². The van der Waals surface area contributed by atoms with Crippen molar-refractivity contribution in [1.82, 2.24) is 14.9 Å². The van der Waals surface area contributed by atoms with Crippen molar-refractivity contribution in [3.63, 3.8) is 0 Å². The summed E-state index contributed by atoms with van der Waals surface area (Å²) in [7, 11) is -3.39. The summed E-state index contributed by atoms with van der Waals surface area (Å²) in [5.41, 5.74) is 6.33. The van der Waals surface area contributed by atoms with Crippen LogP contribution in [0.15, 0.2) is 42.5 Å². The molecule has 0 bridgehead atoms. The molecule has 1 aliphatic rings. The van der Waals surface area contributed by atoms with Crippen LogP contribution in [-0.2, 0) is 26.0 Å². The zero-order valence-electron chi connectivity index (χ0n) is 22.7. The van der Waals surface area contributed by atoms with Gasteiger partial charge >= 0.3 is 0 Å². The number of carbonyl (C=O) groups excluding carboxylic acids is 2. The van der Waals surface area contributed by atoms with Crippen LogP contribution >= 0.6 is 12.4 Å². The zero-order chi connectivity index (χ0) is 27.5. The number of nitrogens with one attached hydrogen (secondary N) is 2. The molecule has 0 spiro atoms. The van der Waals surface area contributed by atoms with Crippen molar-refractivity contribution in [2.45, 2.75) is 76.0 Å². The summed E-state index contributed by atoms with van der Waals surface area (Å²) in [5, 5.41) is 17.4. The molecule has 0 heterocycles. The minimum Gasteiger partial charge on any atom is -0.390 e. The fourth-order valence-electron chi connectivity index (χ4n) is 5.06. The first kappa shape index (κ1) is 33.0. The lowest BCUT2D eigenvalue weighted by atomic mass is 10.0. The molecule has 9 nitrogen and oxygen atoms in total. The van der Waals surface area contributed by atoms with E-state index in [9.17, 15) is 23.1 Å². The van der Waals surface area contributed by atoms with Gasteiger partial charge in [-0.1, -0.05) is 68.1 Å². The smallest absolute Gasteiger partial charge is 0.243 e. The predicted octanol–water partition coefficient (Wildman–Crippen LogP) is 2.49. The lowest BCUT2D eigenvalue weighted by Gasteiger charge is -2.29. The van der Waals surface area contributed by atoms with E-state index in [1.807, 2.05) is 42.5 Å². The van der Waals surface area contributed by atoms with Crippen molar-refractivity contribution < 1.29 is 23.1 Å². The fourth-order valence-corrected chi connectivity index (χ4v) is 6.28. The number of aliphatic hydroxyl groups is 1. The van der Waals surface area contributed by atoms with Gasteiger partial charge in [0, 0.05) is 38.5 Å². The Kier molecular flexibility index (Phi) is 13.6. The van der Waals surface area contributed by atoms with Crippen LogP contribution in [0.1, 0.15) is 56.9 Å². The third-order valence-corrected chi connectivity index (χ3v) is 8.46. The summed E-state index contributed by atoms with van der Waals surface area (Å²) in [4.78, 5) is 25.8. The highest BCUT2D eigenvalue weighted by Crippen LogP contribution is 2.24. The molecule has 1 fully saturated rings. The standard InChI is InChI=1S/C28H42N4O5S.ClH/c1-38(36,37)32(24-11-4-2-3-5-12-24)16-8-13-27(34)31-26(28(35)30-20-25(33)19-29)18-21-14-15-22-9-6-7-10-23(22)17-21;/h6-7,9-10,14-15,17,24-26,33H,2-5,8,11-13,16,18-20,29H2,1H3,(H,30,35)(H,31,34);1H. The Labute approximate surface area is 238 Å². The minimum atomic E-state index is -3.39. The molecule has 0 saturated heterocycles. The van der Waals surface area contributed by atoms with Crippen LogP contribution in [0.25, 0.3) is 10.8 Å². The molecule has 1 saturated carbocycles. The zero-order valence-corrected chi connectivity index (χ0v) is 24.3. The topological polar surface area (TPSA) is 142 Å². The fraction of sp³-hybridized carbons (Fsp3) is 0.571. The lowest BCUT2D eigenvalue weighted by molar-refractivity contribution is -0.129. The summed E-state index contributed by atoms with van der Waals surface area (Å²) in [6, 6.07) is 12.9. The number of halogens is 1. The molecular weight excluding hydrogens is 540 g/mol. The molecule has 0 radical (unpaired) electrons. The van der Waals surface area contributed by atoms with Gasteiger partial charge in [0.2, 0.25) is 21.8 Å². The highest BCUT2D eigenvalue weighted by Gasteiger charge is 2.27. The molecule has 3 rings (SSSR count). The molecule has 1 aliphatic carbocycles. The van der Waals surface area contributed by atoms with E-state index in [-0.39, 0.29) is 56.8 Å². The van der Waals surface area contributed by atoms with Gasteiger partial charge in [-0.05, 0) is 35.6 Å². The number of benzene rings is 2. The molecule has 0 aromatic heterocycles. The maximum atomic E-state index is 13.0. The van der Waals surface area contributed by atoms with Crippen LogP contribution in [0.5, 0.6) is 0 Å². The SMILES string of the molecule is CS(=O)(=O)N(CCCC(=O)NC(Cc1ccc2ccccc2c1)C(=O)NCC(O)CN)C1CCCCCC1.Cl. The lowest BCUT2D eigenvalue weighted by Crippen LogP contribution is -2.50. The summed E-state index contributed by atoms with van der Waals surface area (Å²) >= 11 is 0. The van der Waals surface area contributed by atoms with Gasteiger partial charge in [-0.3, -0.25) is 9.59 Å². The number of rotatable bonds is 13. The Balaban J connectivity index is 0.00000533. The largest absolute Gasteiger partial charge is 0.390 e. The van der Waals surface area contributed by atoms with Crippen LogP contribution in [0, 0.1) is 0 Å². The molecule has 2 aromatic rings. The minimum absolute atomic E-state index is 0. The van der Waals surface area contributed by atoms with E-state index >= 15 is 0 Å². The van der Waals surface area contributed by atoms with E-state index in [1.54, 1.807) is 4.31 Å². The van der Waals surface area contributed by atoms with Gasteiger partial charge < -0.3 is 21.5 Å². The molecule has 2 unspecified atom stereocenters. The molecule has 2 atom stereocenters. The second-order valence-electron chi connectivity index (χ2n) is 10.3. The van der Waals surface area contributed by atoms with Gasteiger partial charge in [-0.25, -0.2) is 8.42 Å². The molecule has 39 heavy (non-hydrogen) atoms. The highest BCUT2D eigenvalue weighted by molar-refractivity contribution is 7.88.